The highest BCUT2D eigenvalue weighted by molar-refractivity contribution is 7.71. The Hall–Kier alpha value is -1.42. The molecule has 0 amide bonds. The fourth-order valence-corrected chi connectivity index (χ4v) is 1.70. The van der Waals surface area contributed by atoms with Crippen molar-refractivity contribution in [3.63, 3.8) is 0 Å². The summed E-state index contributed by atoms with van der Waals surface area (Å²) in [6, 6.07) is 2.05. The topological polar surface area (TPSA) is 33.6 Å². The molecule has 0 radical (unpaired) electrons. The Morgan fingerprint density at radius 3 is 2.71 bits per heavy atom. The van der Waals surface area contributed by atoms with Gasteiger partial charge in [-0.25, -0.2) is 0 Å². The SMILES string of the molecule is Cc1cncc(-n2cc(C)[nH]c2=S)c1. The summed E-state index contributed by atoms with van der Waals surface area (Å²) in [6.07, 6.45) is 5.60. The molecule has 0 unspecified atom stereocenters. The van der Waals surface area contributed by atoms with E-state index in [1.807, 2.05) is 30.8 Å². The molecule has 2 rings (SSSR count). The van der Waals surface area contributed by atoms with Crippen molar-refractivity contribution >= 4 is 12.2 Å². The van der Waals surface area contributed by atoms with Crippen molar-refractivity contribution in [2.45, 2.75) is 13.8 Å². The molecule has 4 heteroatoms. The second-order valence-corrected chi connectivity index (χ2v) is 3.72. The van der Waals surface area contributed by atoms with Crippen LogP contribution in [-0.2, 0) is 0 Å². The normalized spacial score (nSPS) is 10.4. The molecular formula is C10H11N3S. The summed E-state index contributed by atoms with van der Waals surface area (Å²) < 4.78 is 2.62. The largest absolute Gasteiger partial charge is 0.335 e. The molecule has 0 aliphatic heterocycles. The van der Waals surface area contributed by atoms with E-state index in [0.29, 0.717) is 4.77 Å². The minimum absolute atomic E-state index is 0.704. The van der Waals surface area contributed by atoms with E-state index in [4.69, 9.17) is 12.2 Å². The molecule has 0 fully saturated rings. The monoisotopic (exact) mass is 205 g/mol. The number of nitrogens with one attached hydrogen (secondary N) is 1. The van der Waals surface area contributed by atoms with Gasteiger partial charge in [0, 0.05) is 18.1 Å². The zero-order chi connectivity index (χ0) is 10.1. The molecule has 0 atom stereocenters. The number of aromatic nitrogens is 3. The highest BCUT2D eigenvalue weighted by Crippen LogP contribution is 2.09. The Morgan fingerprint density at radius 2 is 2.14 bits per heavy atom. The van der Waals surface area contributed by atoms with Gasteiger partial charge in [0.2, 0.25) is 0 Å². The van der Waals surface area contributed by atoms with Crippen molar-refractivity contribution in [2.75, 3.05) is 0 Å². The molecule has 0 saturated heterocycles. The van der Waals surface area contributed by atoms with Gasteiger partial charge in [-0.3, -0.25) is 9.55 Å². The average molecular weight is 205 g/mol. The maximum atomic E-state index is 5.18. The first-order chi connectivity index (χ1) is 6.66. The molecule has 0 spiro atoms. The predicted octanol–water partition coefficient (Wildman–Crippen LogP) is 2.55. The van der Waals surface area contributed by atoms with Gasteiger partial charge < -0.3 is 4.98 Å². The maximum Gasteiger partial charge on any atom is 0.182 e. The lowest BCUT2D eigenvalue weighted by molar-refractivity contribution is 1.01. The van der Waals surface area contributed by atoms with Gasteiger partial charge in [0.25, 0.3) is 0 Å². The fourth-order valence-electron chi connectivity index (χ4n) is 1.38. The van der Waals surface area contributed by atoms with Gasteiger partial charge in [-0.15, -0.1) is 0 Å². The highest BCUT2D eigenvalue weighted by Gasteiger charge is 1.99. The lowest BCUT2D eigenvalue weighted by Crippen LogP contribution is -1.93. The average Bonchev–Trinajstić information content (AvgIpc) is 2.45. The van der Waals surface area contributed by atoms with Crippen molar-refractivity contribution in [1.82, 2.24) is 14.5 Å². The van der Waals surface area contributed by atoms with Gasteiger partial charge in [0.1, 0.15) is 0 Å². The van der Waals surface area contributed by atoms with Crippen LogP contribution >= 0.6 is 12.2 Å². The lowest BCUT2D eigenvalue weighted by atomic mass is 10.3. The van der Waals surface area contributed by atoms with Crippen LogP contribution in [0.2, 0.25) is 0 Å². The zero-order valence-corrected chi connectivity index (χ0v) is 8.93. The minimum Gasteiger partial charge on any atom is -0.335 e. The molecule has 2 heterocycles. The standard InChI is InChI=1S/C10H11N3S/c1-7-3-9(5-11-4-7)13-6-8(2)12-10(13)14/h3-6H,1-2H3,(H,12,14). The van der Waals surface area contributed by atoms with Gasteiger partial charge in [-0.05, 0) is 37.7 Å². The Morgan fingerprint density at radius 1 is 1.36 bits per heavy atom. The molecule has 14 heavy (non-hydrogen) atoms. The Bertz CT molecular complexity index is 510. The summed E-state index contributed by atoms with van der Waals surface area (Å²) >= 11 is 5.18. The molecule has 2 aromatic rings. The third kappa shape index (κ3) is 1.61. The van der Waals surface area contributed by atoms with E-state index in [0.717, 1.165) is 16.9 Å². The van der Waals surface area contributed by atoms with Crippen LogP contribution in [0.3, 0.4) is 0 Å². The predicted molar refractivity (Wildman–Crippen MR) is 58.2 cm³/mol. The van der Waals surface area contributed by atoms with Crippen molar-refractivity contribution in [2.24, 2.45) is 0 Å². The first kappa shape index (κ1) is 9.15. The van der Waals surface area contributed by atoms with Crippen molar-refractivity contribution in [3.05, 3.63) is 40.7 Å². The second kappa shape index (κ2) is 3.38. The molecule has 1 N–H and O–H groups in total. The van der Waals surface area contributed by atoms with E-state index in [1.54, 1.807) is 6.20 Å². The van der Waals surface area contributed by atoms with Gasteiger partial charge in [0.15, 0.2) is 4.77 Å². The van der Waals surface area contributed by atoms with Crippen LogP contribution in [0.25, 0.3) is 5.69 Å². The van der Waals surface area contributed by atoms with Crippen LogP contribution in [0.1, 0.15) is 11.3 Å². The van der Waals surface area contributed by atoms with Crippen LogP contribution in [-0.4, -0.2) is 14.5 Å². The summed E-state index contributed by atoms with van der Waals surface area (Å²) in [5.74, 6) is 0. The number of pyridine rings is 1. The summed E-state index contributed by atoms with van der Waals surface area (Å²) in [7, 11) is 0. The highest BCUT2D eigenvalue weighted by atomic mass is 32.1. The Balaban J connectivity index is 2.60. The van der Waals surface area contributed by atoms with Crippen LogP contribution < -0.4 is 0 Å². The molecule has 2 aromatic heterocycles. The first-order valence-electron chi connectivity index (χ1n) is 4.37. The van der Waals surface area contributed by atoms with Crippen LogP contribution in [0.5, 0.6) is 0 Å². The molecule has 0 saturated carbocycles. The number of H-pyrrole nitrogens is 1. The van der Waals surface area contributed by atoms with Crippen molar-refractivity contribution in [1.29, 1.82) is 0 Å². The quantitative estimate of drug-likeness (QED) is 0.726. The molecule has 0 bridgehead atoms. The van der Waals surface area contributed by atoms with Crippen LogP contribution in [0.15, 0.2) is 24.7 Å². The number of aryl methyl sites for hydroxylation is 2. The molecule has 3 nitrogen and oxygen atoms in total. The van der Waals surface area contributed by atoms with Gasteiger partial charge in [-0.2, -0.15) is 0 Å². The smallest absolute Gasteiger partial charge is 0.182 e. The summed E-state index contributed by atoms with van der Waals surface area (Å²) in [5, 5.41) is 0. The zero-order valence-electron chi connectivity index (χ0n) is 8.11. The summed E-state index contributed by atoms with van der Waals surface area (Å²) in [5.41, 5.74) is 3.18. The number of nitrogens with zero attached hydrogens (tertiary/aromatic N) is 2. The minimum atomic E-state index is 0.704. The third-order valence-electron chi connectivity index (χ3n) is 1.98. The Labute approximate surface area is 87.4 Å². The molecule has 0 aliphatic carbocycles. The second-order valence-electron chi connectivity index (χ2n) is 3.33. The van der Waals surface area contributed by atoms with E-state index < -0.39 is 0 Å². The van der Waals surface area contributed by atoms with Gasteiger partial charge in [-0.1, -0.05) is 0 Å². The third-order valence-corrected chi connectivity index (χ3v) is 2.28. The number of rotatable bonds is 1. The van der Waals surface area contributed by atoms with Gasteiger partial charge in [0.05, 0.1) is 11.9 Å². The van der Waals surface area contributed by atoms with Crippen molar-refractivity contribution < 1.29 is 0 Å². The first-order valence-corrected chi connectivity index (χ1v) is 4.78. The fraction of sp³-hybridized carbons (Fsp3) is 0.200. The van der Waals surface area contributed by atoms with E-state index in [2.05, 4.69) is 16.0 Å². The number of hydrogen-bond acceptors (Lipinski definition) is 2. The summed E-state index contributed by atoms with van der Waals surface area (Å²) in [6.45, 7) is 4.00. The van der Waals surface area contributed by atoms with Crippen molar-refractivity contribution in [3.8, 4) is 5.69 Å². The molecule has 0 aromatic carbocycles. The number of hydrogen-bond donors (Lipinski definition) is 1. The maximum absolute atomic E-state index is 5.18. The summed E-state index contributed by atoms with van der Waals surface area (Å²) in [4.78, 5) is 7.21. The number of imidazole rings is 1. The van der Waals surface area contributed by atoms with E-state index in [-0.39, 0.29) is 0 Å². The van der Waals surface area contributed by atoms with Crippen LogP contribution in [0, 0.1) is 18.6 Å². The van der Waals surface area contributed by atoms with E-state index in [9.17, 15) is 0 Å². The number of aromatic amines is 1. The lowest BCUT2D eigenvalue weighted by Gasteiger charge is -2.01. The molecular weight excluding hydrogens is 194 g/mol. The Kier molecular flexibility index (Phi) is 2.21. The van der Waals surface area contributed by atoms with E-state index in [1.165, 1.54) is 0 Å². The van der Waals surface area contributed by atoms with E-state index >= 15 is 0 Å². The molecule has 72 valence electrons. The van der Waals surface area contributed by atoms with Gasteiger partial charge >= 0.3 is 0 Å². The van der Waals surface area contributed by atoms with Crippen LogP contribution in [0.4, 0.5) is 0 Å². The molecule has 0 aliphatic rings.